The molecule has 2 aromatic carbocycles. The van der Waals surface area contributed by atoms with Gasteiger partial charge >= 0.3 is 0 Å². The number of thiazole rings is 1. The third-order valence-electron chi connectivity index (χ3n) is 4.57. The number of fused-ring (bicyclic) bond motifs is 1. The minimum absolute atomic E-state index is 0.169. The lowest BCUT2D eigenvalue weighted by atomic mass is 10.2. The third-order valence-corrected chi connectivity index (χ3v) is 6.35. The van der Waals surface area contributed by atoms with Gasteiger partial charge in [-0.1, -0.05) is 40.6 Å². The van der Waals surface area contributed by atoms with Gasteiger partial charge in [-0.05, 0) is 36.8 Å². The smallest absolute Gasteiger partial charge is 0.260 e. The molecule has 30 heavy (non-hydrogen) atoms. The maximum atomic E-state index is 13.4. The molecule has 2 heterocycles. The van der Waals surface area contributed by atoms with E-state index in [1.54, 1.807) is 60.9 Å². The summed E-state index contributed by atoms with van der Waals surface area (Å²) in [6.45, 7) is 1.21. The van der Waals surface area contributed by atoms with Gasteiger partial charge in [0.1, 0.15) is 11.3 Å². The number of hydrogen-bond acceptors (Lipinski definition) is 5. The van der Waals surface area contributed by atoms with Crippen LogP contribution in [0.15, 0.2) is 55.1 Å². The van der Waals surface area contributed by atoms with Crippen molar-refractivity contribution in [1.82, 2.24) is 14.5 Å². The van der Waals surface area contributed by atoms with Crippen molar-refractivity contribution in [3.05, 3.63) is 70.7 Å². The Morgan fingerprint density at radius 2 is 2.13 bits per heavy atom. The fraction of sp³-hybridized carbons (Fsp3) is 0.190. The van der Waals surface area contributed by atoms with Crippen molar-refractivity contribution >= 4 is 55.8 Å². The van der Waals surface area contributed by atoms with Crippen molar-refractivity contribution in [2.45, 2.75) is 13.0 Å². The Morgan fingerprint density at radius 1 is 1.27 bits per heavy atom. The fourth-order valence-electron chi connectivity index (χ4n) is 3.11. The monoisotopic (exact) mass is 460 g/mol. The summed E-state index contributed by atoms with van der Waals surface area (Å²) < 4.78 is 8.18. The van der Waals surface area contributed by atoms with Crippen LogP contribution in [-0.2, 0) is 6.54 Å². The molecule has 0 unspecified atom stereocenters. The van der Waals surface area contributed by atoms with E-state index in [4.69, 9.17) is 32.9 Å². The normalized spacial score (nSPS) is 11.0. The lowest BCUT2D eigenvalue weighted by Gasteiger charge is -2.20. The maximum Gasteiger partial charge on any atom is 0.260 e. The first kappa shape index (κ1) is 20.7. The second-order valence-corrected chi connectivity index (χ2v) is 8.37. The van der Waals surface area contributed by atoms with E-state index < -0.39 is 0 Å². The number of hydrogen-bond donors (Lipinski definition) is 0. The molecule has 0 aliphatic carbocycles. The molecule has 0 aliphatic rings. The first-order valence-corrected chi connectivity index (χ1v) is 10.8. The molecule has 1 amide bonds. The summed E-state index contributed by atoms with van der Waals surface area (Å²) in [5.41, 5.74) is 1.14. The van der Waals surface area contributed by atoms with Crippen LogP contribution >= 0.6 is 34.5 Å². The molecule has 0 N–H and O–H groups in total. The van der Waals surface area contributed by atoms with E-state index in [0.717, 1.165) is 17.7 Å². The summed E-state index contributed by atoms with van der Waals surface area (Å²) in [6.07, 6.45) is 6.11. The van der Waals surface area contributed by atoms with Crippen LogP contribution < -0.4 is 9.64 Å². The van der Waals surface area contributed by atoms with Gasteiger partial charge in [-0.3, -0.25) is 9.69 Å². The van der Waals surface area contributed by atoms with Crippen LogP contribution in [0.3, 0.4) is 0 Å². The van der Waals surface area contributed by atoms with E-state index in [9.17, 15) is 4.79 Å². The SMILES string of the molecule is COc1ccc(Cl)c2sc(N(CCCn3ccnc3)C(=O)c3cccc(Cl)c3)nc12. The van der Waals surface area contributed by atoms with Crippen LogP contribution in [-0.4, -0.2) is 34.1 Å². The molecule has 4 rings (SSSR count). The molecule has 0 bridgehead atoms. The molecule has 0 atom stereocenters. The van der Waals surface area contributed by atoms with Gasteiger partial charge in [-0.2, -0.15) is 0 Å². The molecule has 6 nitrogen and oxygen atoms in total. The maximum absolute atomic E-state index is 13.4. The van der Waals surface area contributed by atoms with Crippen molar-refractivity contribution in [3.8, 4) is 5.75 Å². The quantitative estimate of drug-likeness (QED) is 0.362. The summed E-state index contributed by atoms with van der Waals surface area (Å²) in [6, 6.07) is 10.5. The molecule has 0 saturated heterocycles. The zero-order valence-corrected chi connectivity index (χ0v) is 18.4. The molecule has 9 heteroatoms. The molecule has 2 aromatic heterocycles. The van der Waals surface area contributed by atoms with Gasteiger partial charge in [0.25, 0.3) is 5.91 Å². The average molecular weight is 461 g/mol. The number of aryl methyl sites for hydroxylation is 1. The van der Waals surface area contributed by atoms with Crippen LogP contribution in [0.25, 0.3) is 10.2 Å². The zero-order chi connectivity index (χ0) is 21.1. The van der Waals surface area contributed by atoms with Crippen molar-refractivity contribution in [2.75, 3.05) is 18.6 Å². The number of carbonyl (C=O) groups excluding carboxylic acids is 1. The van der Waals surface area contributed by atoms with E-state index in [1.807, 2.05) is 10.8 Å². The van der Waals surface area contributed by atoms with Gasteiger partial charge in [0.2, 0.25) is 0 Å². The zero-order valence-electron chi connectivity index (χ0n) is 16.1. The Hall–Kier alpha value is -2.61. The largest absolute Gasteiger partial charge is 0.494 e. The van der Waals surface area contributed by atoms with Gasteiger partial charge in [0.15, 0.2) is 5.13 Å². The molecule has 0 saturated carbocycles. The highest BCUT2D eigenvalue weighted by Gasteiger charge is 2.23. The Kier molecular flexibility index (Phi) is 6.22. The summed E-state index contributed by atoms with van der Waals surface area (Å²) in [5.74, 6) is 0.447. The van der Waals surface area contributed by atoms with Crippen molar-refractivity contribution in [3.63, 3.8) is 0 Å². The van der Waals surface area contributed by atoms with E-state index in [-0.39, 0.29) is 5.91 Å². The second kappa shape index (κ2) is 9.04. The summed E-state index contributed by atoms with van der Waals surface area (Å²) in [4.78, 5) is 23.8. The van der Waals surface area contributed by atoms with Gasteiger partial charge < -0.3 is 9.30 Å². The highest BCUT2D eigenvalue weighted by Crippen LogP contribution is 2.39. The number of benzene rings is 2. The Morgan fingerprint density at radius 3 is 2.87 bits per heavy atom. The van der Waals surface area contributed by atoms with Crippen LogP contribution in [0.1, 0.15) is 16.8 Å². The molecule has 4 aromatic rings. The standard InChI is InChI=1S/C21H18Cl2N4O2S/c1-29-17-7-6-16(23)19-18(17)25-21(30-19)27(10-3-9-26-11-8-24-13-26)20(28)14-4-2-5-15(22)12-14/h2,4-8,11-13H,3,9-10H2,1H3. The van der Waals surface area contributed by atoms with E-state index in [2.05, 4.69) is 4.98 Å². The number of methoxy groups -OCH3 is 1. The minimum atomic E-state index is -0.169. The topological polar surface area (TPSA) is 60.2 Å². The van der Waals surface area contributed by atoms with Crippen LogP contribution in [0.5, 0.6) is 5.75 Å². The summed E-state index contributed by atoms with van der Waals surface area (Å²) in [7, 11) is 1.59. The summed E-state index contributed by atoms with van der Waals surface area (Å²) >= 11 is 13.9. The molecular weight excluding hydrogens is 443 g/mol. The molecular formula is C21H18Cl2N4O2S. The number of nitrogens with zero attached hydrogens (tertiary/aromatic N) is 4. The van der Waals surface area contributed by atoms with Gasteiger partial charge in [-0.15, -0.1) is 0 Å². The van der Waals surface area contributed by atoms with Crippen LogP contribution in [0, 0.1) is 0 Å². The van der Waals surface area contributed by atoms with Gasteiger partial charge in [-0.25, -0.2) is 9.97 Å². The van der Waals surface area contributed by atoms with Crippen molar-refractivity contribution in [2.24, 2.45) is 0 Å². The van der Waals surface area contributed by atoms with E-state index >= 15 is 0 Å². The second-order valence-electron chi connectivity index (χ2n) is 6.55. The Bertz CT molecular complexity index is 1180. The minimum Gasteiger partial charge on any atom is -0.494 e. The Balaban J connectivity index is 1.69. The molecule has 0 aliphatic heterocycles. The highest BCUT2D eigenvalue weighted by atomic mass is 35.5. The van der Waals surface area contributed by atoms with Crippen LogP contribution in [0.2, 0.25) is 10.0 Å². The number of anilines is 1. The molecule has 154 valence electrons. The molecule has 0 fully saturated rings. The van der Waals surface area contributed by atoms with Crippen LogP contribution in [0.4, 0.5) is 5.13 Å². The number of rotatable bonds is 7. The number of imidazole rings is 1. The average Bonchev–Trinajstić information content (AvgIpc) is 3.42. The van der Waals surface area contributed by atoms with Crippen molar-refractivity contribution < 1.29 is 9.53 Å². The first-order valence-electron chi connectivity index (χ1n) is 9.23. The first-order chi connectivity index (χ1) is 14.6. The van der Waals surface area contributed by atoms with Crippen molar-refractivity contribution in [1.29, 1.82) is 0 Å². The Labute approximate surface area is 187 Å². The number of ether oxygens (including phenoxy) is 1. The lowest BCUT2D eigenvalue weighted by Crippen LogP contribution is -2.32. The number of amides is 1. The number of carbonyl (C=O) groups is 1. The number of halogens is 2. The van der Waals surface area contributed by atoms with E-state index in [0.29, 0.717) is 38.6 Å². The predicted molar refractivity (Wildman–Crippen MR) is 121 cm³/mol. The summed E-state index contributed by atoms with van der Waals surface area (Å²) in [5, 5.41) is 1.64. The lowest BCUT2D eigenvalue weighted by molar-refractivity contribution is 0.0986. The molecule has 0 spiro atoms. The third kappa shape index (κ3) is 4.28. The predicted octanol–water partition coefficient (Wildman–Crippen LogP) is 5.55. The molecule has 0 radical (unpaired) electrons. The van der Waals surface area contributed by atoms with E-state index in [1.165, 1.54) is 11.3 Å². The van der Waals surface area contributed by atoms with Gasteiger partial charge in [0.05, 0.1) is 23.2 Å². The fourth-order valence-corrected chi connectivity index (χ4v) is 4.58. The highest BCUT2D eigenvalue weighted by molar-refractivity contribution is 7.23. The van der Waals surface area contributed by atoms with Gasteiger partial charge in [0, 0.05) is 36.1 Å². The number of aromatic nitrogens is 3.